The molecule has 1 saturated carbocycles. The van der Waals surface area contributed by atoms with E-state index in [2.05, 4.69) is 20.0 Å². The first-order chi connectivity index (χ1) is 16.6. The van der Waals surface area contributed by atoms with Gasteiger partial charge in [0.05, 0.1) is 27.4 Å². The van der Waals surface area contributed by atoms with Crippen molar-refractivity contribution in [2.45, 2.75) is 64.2 Å². The number of carbonyl (C=O) groups excluding carboxylic acids is 1. The molecule has 2 N–H and O–H groups in total. The largest absolute Gasteiger partial charge is 0.302 e. The number of anilines is 2. The van der Waals surface area contributed by atoms with Gasteiger partial charge in [-0.15, -0.1) is 0 Å². The van der Waals surface area contributed by atoms with Gasteiger partial charge in [0.2, 0.25) is 11.9 Å². The van der Waals surface area contributed by atoms with Crippen LogP contribution in [0.1, 0.15) is 55.3 Å². The van der Waals surface area contributed by atoms with E-state index in [1.807, 2.05) is 13.0 Å². The maximum Gasteiger partial charge on any atom is 0.262 e. The molecule has 0 aliphatic heterocycles. The van der Waals surface area contributed by atoms with Crippen LogP contribution in [0.5, 0.6) is 0 Å². The quantitative estimate of drug-likeness (QED) is 0.376. The number of thiazole rings is 1. The van der Waals surface area contributed by atoms with Crippen molar-refractivity contribution in [1.82, 2.24) is 9.97 Å². The summed E-state index contributed by atoms with van der Waals surface area (Å²) in [4.78, 5) is 21.5. The molecule has 35 heavy (non-hydrogen) atoms. The van der Waals surface area contributed by atoms with Crippen LogP contribution in [-0.2, 0) is 14.8 Å². The maximum absolute atomic E-state index is 13.3. The third kappa shape index (κ3) is 6.05. The summed E-state index contributed by atoms with van der Waals surface area (Å²) < 4.78 is 42.2. The molecule has 0 radical (unpaired) electrons. The molecule has 2 aromatic heterocycles. The Hall–Kier alpha value is -2.85. The lowest BCUT2D eigenvalue weighted by molar-refractivity contribution is -0.117. The number of aromatic nitrogens is 2. The average molecular weight is 517 g/mol. The summed E-state index contributed by atoms with van der Waals surface area (Å²) in [6.07, 6.45) is 7.47. The van der Waals surface area contributed by atoms with Gasteiger partial charge in [0.1, 0.15) is 0 Å². The monoisotopic (exact) mass is 516 g/mol. The fraction of sp³-hybridized carbons (Fsp3) is 0.400. The number of hydrogen-bond donors (Lipinski definition) is 2. The number of aryl methyl sites for hydroxylation is 3. The first kappa shape index (κ1) is 25.2. The lowest BCUT2D eigenvalue weighted by Crippen LogP contribution is -2.18. The van der Waals surface area contributed by atoms with Gasteiger partial charge in [-0.05, 0) is 68.4 Å². The fourth-order valence-electron chi connectivity index (χ4n) is 4.40. The number of rotatable bonds is 7. The Bertz CT molecular complexity index is 1350. The summed E-state index contributed by atoms with van der Waals surface area (Å²) in [5.41, 5.74) is 2.61. The van der Waals surface area contributed by atoms with E-state index in [1.165, 1.54) is 36.7 Å². The zero-order chi connectivity index (χ0) is 25.2. The minimum atomic E-state index is -3.95. The molecule has 1 aliphatic rings. The van der Waals surface area contributed by atoms with E-state index in [1.54, 1.807) is 26.0 Å². The Morgan fingerprint density at radius 1 is 1.11 bits per heavy atom. The molecule has 1 aromatic carbocycles. The fourth-order valence-corrected chi connectivity index (χ4v) is 6.77. The molecule has 0 unspecified atom stereocenters. The molecule has 2 heterocycles. The van der Waals surface area contributed by atoms with Crippen LogP contribution in [0.25, 0.3) is 10.4 Å². The van der Waals surface area contributed by atoms with Crippen LogP contribution in [0.2, 0.25) is 0 Å². The SMILES string of the molecule is Cc1cc(F)ncc1NS(=O)(=O)c1cc(-c2sc(NC(=O)CC3CCCCC3)nc2C)ccc1C. The molecular formula is C25H29FN4O3S2. The van der Waals surface area contributed by atoms with Gasteiger partial charge < -0.3 is 5.32 Å². The van der Waals surface area contributed by atoms with Crippen molar-refractivity contribution in [2.24, 2.45) is 5.92 Å². The Labute approximate surface area is 209 Å². The van der Waals surface area contributed by atoms with Gasteiger partial charge in [-0.3, -0.25) is 9.52 Å². The summed E-state index contributed by atoms with van der Waals surface area (Å²) in [5.74, 6) is -0.274. The molecule has 0 saturated heterocycles. The van der Waals surface area contributed by atoms with Gasteiger partial charge in [0.25, 0.3) is 10.0 Å². The molecule has 186 valence electrons. The third-order valence-electron chi connectivity index (χ3n) is 6.30. The Kier molecular flexibility index (Phi) is 7.51. The number of amides is 1. The minimum Gasteiger partial charge on any atom is -0.302 e. The van der Waals surface area contributed by atoms with Crippen LogP contribution in [0.3, 0.4) is 0 Å². The van der Waals surface area contributed by atoms with E-state index in [4.69, 9.17) is 0 Å². The number of sulfonamides is 1. The highest BCUT2D eigenvalue weighted by atomic mass is 32.2. The molecule has 0 atom stereocenters. The second-order valence-electron chi connectivity index (χ2n) is 9.10. The normalized spacial score (nSPS) is 14.6. The second-order valence-corrected chi connectivity index (χ2v) is 11.7. The summed E-state index contributed by atoms with van der Waals surface area (Å²) in [6.45, 7) is 5.16. The van der Waals surface area contributed by atoms with Crippen molar-refractivity contribution in [3.8, 4) is 10.4 Å². The van der Waals surface area contributed by atoms with E-state index >= 15 is 0 Å². The Morgan fingerprint density at radius 3 is 2.57 bits per heavy atom. The predicted molar refractivity (Wildman–Crippen MR) is 137 cm³/mol. The Morgan fingerprint density at radius 2 is 1.86 bits per heavy atom. The molecule has 0 bridgehead atoms. The average Bonchev–Trinajstić information content (AvgIpc) is 3.16. The van der Waals surface area contributed by atoms with Gasteiger partial charge in [0.15, 0.2) is 5.13 Å². The number of carbonyl (C=O) groups is 1. The third-order valence-corrected chi connectivity index (χ3v) is 8.93. The highest BCUT2D eigenvalue weighted by molar-refractivity contribution is 7.92. The van der Waals surface area contributed by atoms with Crippen LogP contribution >= 0.6 is 11.3 Å². The number of halogens is 1. The van der Waals surface area contributed by atoms with Crippen LogP contribution < -0.4 is 10.0 Å². The smallest absolute Gasteiger partial charge is 0.262 e. The zero-order valence-electron chi connectivity index (χ0n) is 20.0. The molecule has 0 spiro atoms. The second kappa shape index (κ2) is 10.4. The van der Waals surface area contributed by atoms with Crippen molar-refractivity contribution >= 4 is 38.1 Å². The van der Waals surface area contributed by atoms with E-state index in [9.17, 15) is 17.6 Å². The summed E-state index contributed by atoms with van der Waals surface area (Å²) >= 11 is 1.33. The number of hydrogen-bond acceptors (Lipinski definition) is 6. The molecule has 10 heteroatoms. The molecule has 3 aromatic rings. The standard InChI is InChI=1S/C25H29FN4O3S2/c1-15-9-10-19(13-21(15)35(32,33)30-20-14-27-22(26)11-16(20)2)24-17(3)28-25(34-24)29-23(31)12-18-7-5-4-6-8-18/h9-11,13-14,18,30H,4-8,12H2,1-3H3,(H,28,29,31). The van der Waals surface area contributed by atoms with Gasteiger partial charge in [-0.25, -0.2) is 18.4 Å². The van der Waals surface area contributed by atoms with Crippen LogP contribution in [-0.4, -0.2) is 24.3 Å². The number of nitrogens with zero attached hydrogens (tertiary/aromatic N) is 2. The predicted octanol–water partition coefficient (Wildman–Crippen LogP) is 5.98. The van der Waals surface area contributed by atoms with Crippen molar-refractivity contribution in [3.05, 3.63) is 53.2 Å². The van der Waals surface area contributed by atoms with Crippen molar-refractivity contribution in [1.29, 1.82) is 0 Å². The summed E-state index contributed by atoms with van der Waals surface area (Å²) in [5, 5.41) is 3.43. The topological polar surface area (TPSA) is 101 Å². The van der Waals surface area contributed by atoms with Crippen molar-refractivity contribution in [2.75, 3.05) is 10.0 Å². The van der Waals surface area contributed by atoms with E-state index in [0.717, 1.165) is 23.9 Å². The molecule has 1 fully saturated rings. The van der Waals surface area contributed by atoms with Crippen LogP contribution in [0, 0.1) is 32.6 Å². The van der Waals surface area contributed by atoms with Gasteiger partial charge in [0, 0.05) is 6.42 Å². The maximum atomic E-state index is 13.3. The van der Waals surface area contributed by atoms with Crippen LogP contribution in [0.15, 0.2) is 35.4 Å². The first-order valence-corrected chi connectivity index (χ1v) is 14.0. The number of pyridine rings is 1. The lowest BCUT2D eigenvalue weighted by atomic mass is 9.87. The number of nitrogens with one attached hydrogen (secondary N) is 2. The van der Waals surface area contributed by atoms with Gasteiger partial charge in [-0.2, -0.15) is 4.39 Å². The summed E-state index contributed by atoms with van der Waals surface area (Å²) in [7, 11) is -3.95. The van der Waals surface area contributed by atoms with E-state index in [0.29, 0.717) is 39.9 Å². The minimum absolute atomic E-state index is 0.0307. The zero-order valence-corrected chi connectivity index (χ0v) is 21.7. The van der Waals surface area contributed by atoms with Gasteiger partial charge in [-0.1, -0.05) is 42.7 Å². The van der Waals surface area contributed by atoms with Crippen molar-refractivity contribution < 1.29 is 17.6 Å². The van der Waals surface area contributed by atoms with Gasteiger partial charge >= 0.3 is 0 Å². The molecular weight excluding hydrogens is 487 g/mol. The molecule has 7 nitrogen and oxygen atoms in total. The number of benzene rings is 1. The van der Waals surface area contributed by atoms with Crippen molar-refractivity contribution in [3.63, 3.8) is 0 Å². The molecule has 1 amide bonds. The van der Waals surface area contributed by atoms with E-state index in [-0.39, 0.29) is 16.5 Å². The van der Waals surface area contributed by atoms with Crippen LogP contribution in [0.4, 0.5) is 15.2 Å². The first-order valence-electron chi connectivity index (χ1n) is 11.7. The Balaban J connectivity index is 1.55. The molecule has 1 aliphatic carbocycles. The highest BCUT2D eigenvalue weighted by Gasteiger charge is 2.22. The summed E-state index contributed by atoms with van der Waals surface area (Å²) in [6, 6.07) is 6.34. The lowest BCUT2D eigenvalue weighted by Gasteiger charge is -2.20. The molecule has 4 rings (SSSR count). The highest BCUT2D eigenvalue weighted by Crippen LogP contribution is 2.35. The van der Waals surface area contributed by atoms with E-state index < -0.39 is 16.0 Å².